The predicted octanol–water partition coefficient (Wildman–Crippen LogP) is 19.0. The first kappa shape index (κ1) is 66.3. The van der Waals surface area contributed by atoms with Crippen LogP contribution in [0.15, 0.2) is 24.3 Å². The molecule has 2 unspecified atom stereocenters. The Kier molecular flexibility index (Phi) is 56.5. The zero-order valence-corrected chi connectivity index (χ0v) is 45.9. The number of rotatable bonds is 57. The van der Waals surface area contributed by atoms with Gasteiger partial charge in [0, 0.05) is 12.8 Å². The van der Waals surface area contributed by atoms with Gasteiger partial charge in [-0.2, -0.15) is 0 Å². The second-order valence-electron chi connectivity index (χ2n) is 21.0. The van der Waals surface area contributed by atoms with Crippen molar-refractivity contribution in [1.82, 2.24) is 5.32 Å². The summed E-state index contributed by atoms with van der Waals surface area (Å²) >= 11 is 0. The zero-order chi connectivity index (χ0) is 49.3. The number of esters is 1. The van der Waals surface area contributed by atoms with E-state index in [9.17, 15) is 19.8 Å². The number of unbranched alkanes of at least 4 members (excludes halogenated alkanes) is 44. The van der Waals surface area contributed by atoms with Gasteiger partial charge in [0.2, 0.25) is 5.91 Å². The Morgan fingerprint density at radius 3 is 1.04 bits per heavy atom. The number of ether oxygens (including phenoxy) is 1. The summed E-state index contributed by atoms with van der Waals surface area (Å²) < 4.78 is 5.50. The number of aliphatic hydroxyl groups is 2. The number of allylic oxidation sites excluding steroid dienone is 3. The van der Waals surface area contributed by atoms with Gasteiger partial charge in [-0.15, -0.1) is 0 Å². The van der Waals surface area contributed by atoms with Crippen molar-refractivity contribution in [1.29, 1.82) is 0 Å². The lowest BCUT2D eigenvalue weighted by Crippen LogP contribution is -2.45. The lowest BCUT2D eigenvalue weighted by molar-refractivity contribution is -0.143. The largest absolute Gasteiger partial charge is 0.466 e. The molecule has 0 aromatic heterocycles. The quantitative estimate of drug-likeness (QED) is 0.0321. The molecule has 0 fully saturated rings. The molecule has 0 aromatic carbocycles. The Balaban J connectivity index is 3.36. The second-order valence-corrected chi connectivity index (χ2v) is 21.0. The molecule has 1 amide bonds. The first-order chi connectivity index (χ1) is 33.5. The molecule has 0 aliphatic carbocycles. The van der Waals surface area contributed by atoms with E-state index >= 15 is 0 Å². The molecule has 0 aromatic rings. The topological polar surface area (TPSA) is 95.9 Å². The summed E-state index contributed by atoms with van der Waals surface area (Å²) in [5.74, 6) is -0.0581. The number of hydrogen-bond donors (Lipinski definition) is 3. The molecule has 0 aliphatic heterocycles. The summed E-state index contributed by atoms with van der Waals surface area (Å²) in [4.78, 5) is 24.5. The van der Waals surface area contributed by atoms with Gasteiger partial charge in [-0.1, -0.05) is 289 Å². The molecule has 0 saturated carbocycles. The molecule has 6 nitrogen and oxygen atoms in total. The van der Waals surface area contributed by atoms with Gasteiger partial charge in [0.1, 0.15) is 0 Å². The molecule has 3 N–H and O–H groups in total. The van der Waals surface area contributed by atoms with Crippen LogP contribution in [0.2, 0.25) is 0 Å². The van der Waals surface area contributed by atoms with Crippen molar-refractivity contribution < 1.29 is 24.5 Å². The normalized spacial score (nSPS) is 12.7. The standard InChI is InChI=1S/C62H119NO5/c1-3-5-7-9-11-13-14-15-16-17-27-30-33-36-40-44-48-52-56-62(67)68-57-53-49-45-41-37-34-31-28-25-23-21-19-18-20-22-24-26-29-32-35-39-43-47-51-55-61(66)63-59(58-64)60(65)54-50-46-42-38-12-10-8-6-4-2/h20,22,50,54,59-60,64-65H,3-19,21,23-49,51-53,55-58H2,1-2H3,(H,63,66)/b22-20-,54-50+. The van der Waals surface area contributed by atoms with Crippen LogP contribution in [0, 0.1) is 0 Å². The van der Waals surface area contributed by atoms with Gasteiger partial charge >= 0.3 is 5.97 Å². The van der Waals surface area contributed by atoms with Crippen molar-refractivity contribution in [3.8, 4) is 0 Å². The third-order valence-electron chi connectivity index (χ3n) is 14.2. The maximum atomic E-state index is 12.4. The first-order valence-corrected chi connectivity index (χ1v) is 30.6. The van der Waals surface area contributed by atoms with Crippen molar-refractivity contribution in [2.45, 2.75) is 347 Å². The van der Waals surface area contributed by atoms with Gasteiger partial charge in [-0.05, 0) is 57.8 Å². The van der Waals surface area contributed by atoms with E-state index in [1.807, 2.05) is 6.08 Å². The van der Waals surface area contributed by atoms with Crippen LogP contribution in [0.1, 0.15) is 335 Å². The molecule has 0 rings (SSSR count). The average Bonchev–Trinajstić information content (AvgIpc) is 3.34. The fourth-order valence-corrected chi connectivity index (χ4v) is 9.51. The first-order valence-electron chi connectivity index (χ1n) is 30.6. The third kappa shape index (κ3) is 53.7. The summed E-state index contributed by atoms with van der Waals surface area (Å²) in [6.07, 6.45) is 70.9. The monoisotopic (exact) mass is 958 g/mol. The van der Waals surface area contributed by atoms with Crippen LogP contribution in [0.5, 0.6) is 0 Å². The van der Waals surface area contributed by atoms with E-state index < -0.39 is 12.1 Å². The fourth-order valence-electron chi connectivity index (χ4n) is 9.51. The van der Waals surface area contributed by atoms with E-state index in [1.54, 1.807) is 6.08 Å². The predicted molar refractivity (Wildman–Crippen MR) is 296 cm³/mol. The highest BCUT2D eigenvalue weighted by Crippen LogP contribution is 2.17. The van der Waals surface area contributed by atoms with Crippen LogP contribution >= 0.6 is 0 Å². The van der Waals surface area contributed by atoms with Gasteiger partial charge in [-0.3, -0.25) is 9.59 Å². The van der Waals surface area contributed by atoms with Crippen molar-refractivity contribution in [2.75, 3.05) is 13.2 Å². The number of amides is 1. The molecular formula is C62H119NO5. The lowest BCUT2D eigenvalue weighted by atomic mass is 10.0. The minimum absolute atomic E-state index is 0.0165. The van der Waals surface area contributed by atoms with Crippen molar-refractivity contribution in [3.63, 3.8) is 0 Å². The van der Waals surface area contributed by atoms with Gasteiger partial charge in [0.25, 0.3) is 0 Å². The summed E-state index contributed by atoms with van der Waals surface area (Å²) in [7, 11) is 0. The van der Waals surface area contributed by atoms with Gasteiger partial charge in [-0.25, -0.2) is 0 Å². The molecule has 0 spiro atoms. The average molecular weight is 959 g/mol. The molecule has 0 heterocycles. The molecule has 402 valence electrons. The van der Waals surface area contributed by atoms with E-state index in [0.717, 1.165) is 38.5 Å². The van der Waals surface area contributed by atoms with Crippen molar-refractivity contribution in [2.24, 2.45) is 0 Å². The van der Waals surface area contributed by atoms with E-state index in [-0.39, 0.29) is 18.5 Å². The van der Waals surface area contributed by atoms with Crippen LogP contribution in [0.25, 0.3) is 0 Å². The number of carbonyl (C=O) groups excluding carboxylic acids is 2. The molecule has 0 saturated heterocycles. The zero-order valence-electron chi connectivity index (χ0n) is 45.9. The Morgan fingerprint density at radius 1 is 0.397 bits per heavy atom. The van der Waals surface area contributed by atoms with E-state index in [1.165, 1.54) is 270 Å². The van der Waals surface area contributed by atoms with E-state index in [4.69, 9.17) is 4.74 Å². The Bertz CT molecular complexity index is 1060. The van der Waals surface area contributed by atoms with Crippen LogP contribution in [-0.4, -0.2) is 47.4 Å². The molecule has 0 bridgehead atoms. The maximum absolute atomic E-state index is 12.4. The number of hydrogen-bond acceptors (Lipinski definition) is 5. The Morgan fingerprint density at radius 2 is 0.691 bits per heavy atom. The smallest absolute Gasteiger partial charge is 0.305 e. The molecule has 0 aliphatic rings. The van der Waals surface area contributed by atoms with Gasteiger partial charge in [0.05, 0.1) is 25.4 Å². The van der Waals surface area contributed by atoms with Gasteiger partial charge < -0.3 is 20.3 Å². The van der Waals surface area contributed by atoms with Crippen LogP contribution in [-0.2, 0) is 14.3 Å². The summed E-state index contributed by atoms with van der Waals surface area (Å²) in [5, 5.41) is 22.9. The van der Waals surface area contributed by atoms with Crippen LogP contribution < -0.4 is 5.32 Å². The van der Waals surface area contributed by atoms with Crippen LogP contribution in [0.4, 0.5) is 0 Å². The minimum atomic E-state index is -0.844. The molecule has 68 heavy (non-hydrogen) atoms. The van der Waals surface area contributed by atoms with Crippen molar-refractivity contribution >= 4 is 11.9 Å². The summed E-state index contributed by atoms with van der Waals surface area (Å²) in [5.41, 5.74) is 0. The minimum Gasteiger partial charge on any atom is -0.466 e. The van der Waals surface area contributed by atoms with E-state index in [2.05, 4.69) is 31.3 Å². The van der Waals surface area contributed by atoms with E-state index in [0.29, 0.717) is 19.4 Å². The highest BCUT2D eigenvalue weighted by molar-refractivity contribution is 5.76. The van der Waals surface area contributed by atoms with Gasteiger partial charge in [0.15, 0.2) is 0 Å². The third-order valence-corrected chi connectivity index (χ3v) is 14.2. The molecule has 6 heteroatoms. The molecular weight excluding hydrogens is 839 g/mol. The Hall–Kier alpha value is -1.66. The SMILES string of the molecule is CCCCCCCCC/C=C/C(O)C(CO)NC(=O)CCCCCCCCCC/C=C\CCCCCCCCCCCCCCOC(=O)CCCCCCCCCCCCCCCCCCCC. The highest BCUT2D eigenvalue weighted by Gasteiger charge is 2.18. The number of carbonyl (C=O) groups is 2. The molecule has 0 radical (unpaired) electrons. The van der Waals surface area contributed by atoms with Crippen LogP contribution in [0.3, 0.4) is 0 Å². The lowest BCUT2D eigenvalue weighted by Gasteiger charge is -2.20. The second kappa shape index (κ2) is 57.9. The number of aliphatic hydroxyl groups excluding tert-OH is 2. The maximum Gasteiger partial charge on any atom is 0.305 e. The fraction of sp³-hybridized carbons (Fsp3) is 0.903. The van der Waals surface area contributed by atoms with Crippen molar-refractivity contribution in [3.05, 3.63) is 24.3 Å². The Labute approximate surface area is 424 Å². The highest BCUT2D eigenvalue weighted by atomic mass is 16.5. The number of nitrogens with one attached hydrogen (secondary N) is 1. The molecule has 2 atom stereocenters. The summed E-state index contributed by atoms with van der Waals surface area (Å²) in [6, 6.07) is -0.628. The summed E-state index contributed by atoms with van der Waals surface area (Å²) in [6.45, 7) is 4.89.